The van der Waals surface area contributed by atoms with E-state index in [9.17, 15) is 4.79 Å². The molecule has 1 aliphatic heterocycles. The lowest BCUT2D eigenvalue weighted by Gasteiger charge is -2.26. The van der Waals surface area contributed by atoms with Crippen molar-refractivity contribution in [1.82, 2.24) is 4.98 Å². The van der Waals surface area contributed by atoms with Gasteiger partial charge >= 0.3 is 0 Å². The maximum atomic E-state index is 12.0. The van der Waals surface area contributed by atoms with Gasteiger partial charge in [-0.15, -0.1) is 11.3 Å². The van der Waals surface area contributed by atoms with Gasteiger partial charge in [-0.25, -0.2) is 0 Å². The molecule has 2 unspecified atom stereocenters. The average Bonchev–Trinajstić information content (AvgIpc) is 2.83. The molecule has 4 nitrogen and oxygen atoms in total. The molecule has 3 heterocycles. The van der Waals surface area contributed by atoms with Crippen molar-refractivity contribution >= 4 is 43.1 Å². The lowest BCUT2D eigenvalue weighted by Crippen LogP contribution is -2.27. The van der Waals surface area contributed by atoms with Crippen molar-refractivity contribution in [3.8, 4) is 0 Å². The Balaban J connectivity index is 2.39. The first-order valence-electron chi connectivity index (χ1n) is 5.48. The summed E-state index contributed by atoms with van der Waals surface area (Å²) in [4.78, 5) is 19.3. The van der Waals surface area contributed by atoms with Gasteiger partial charge in [0.15, 0.2) is 6.23 Å². The number of thiophene rings is 1. The van der Waals surface area contributed by atoms with Crippen LogP contribution in [0.4, 0.5) is 0 Å². The molecule has 0 amide bonds. The Morgan fingerprint density at radius 1 is 1.56 bits per heavy atom. The molecule has 0 aliphatic carbocycles. The van der Waals surface area contributed by atoms with E-state index >= 15 is 0 Å². The Bertz CT molecular complexity index is 704. The monoisotopic (exact) mass is 326 g/mol. The summed E-state index contributed by atoms with van der Waals surface area (Å²) in [6, 6.07) is 1.98. The molecule has 6 heteroatoms. The number of H-pyrrole nitrogens is 1. The van der Waals surface area contributed by atoms with Crippen LogP contribution in [0.15, 0.2) is 21.2 Å². The van der Waals surface area contributed by atoms with E-state index in [1.165, 1.54) is 11.3 Å². The number of pyridine rings is 1. The van der Waals surface area contributed by atoms with E-state index in [0.717, 1.165) is 27.1 Å². The summed E-state index contributed by atoms with van der Waals surface area (Å²) < 4.78 is 6.12. The van der Waals surface area contributed by atoms with Gasteiger partial charge in [-0.2, -0.15) is 0 Å². The number of halogens is 1. The fourth-order valence-electron chi connectivity index (χ4n) is 2.28. The van der Waals surface area contributed by atoms with Crippen LogP contribution in [0.25, 0.3) is 10.1 Å². The second-order valence-electron chi connectivity index (χ2n) is 4.15. The van der Waals surface area contributed by atoms with Crippen molar-refractivity contribution in [2.24, 2.45) is 4.99 Å². The first kappa shape index (κ1) is 12.1. The summed E-state index contributed by atoms with van der Waals surface area (Å²) in [6.07, 6.45) is -0.258. The van der Waals surface area contributed by atoms with E-state index < -0.39 is 0 Å². The number of alkyl halides is 1. The molecule has 2 aromatic heterocycles. The normalized spacial score (nSPS) is 22.9. The number of hydrogen-bond donors (Lipinski definition) is 1. The Hall–Kier alpha value is -0.980. The Morgan fingerprint density at radius 2 is 2.33 bits per heavy atom. The number of aliphatic imine (C=N–C) groups is 1. The van der Waals surface area contributed by atoms with Gasteiger partial charge < -0.3 is 9.72 Å². The number of methoxy groups -OCH3 is 1. The number of aromatic nitrogens is 1. The second-order valence-corrected chi connectivity index (χ2v) is 6.05. The summed E-state index contributed by atoms with van der Waals surface area (Å²) in [5.74, 6) is 0. The number of fused-ring (bicyclic) bond motifs is 3. The Labute approximate surface area is 116 Å². The van der Waals surface area contributed by atoms with Crippen LogP contribution in [0.3, 0.4) is 0 Å². The van der Waals surface area contributed by atoms with Crippen LogP contribution in [-0.2, 0) is 4.74 Å². The van der Waals surface area contributed by atoms with Crippen LogP contribution in [0.5, 0.6) is 0 Å². The molecule has 0 fully saturated rings. The number of aromatic amines is 1. The summed E-state index contributed by atoms with van der Waals surface area (Å²) in [7, 11) is 1.64. The minimum atomic E-state index is -0.258. The molecule has 0 radical (unpaired) electrons. The zero-order chi connectivity index (χ0) is 12.9. The van der Waals surface area contributed by atoms with Gasteiger partial charge in [-0.1, -0.05) is 15.9 Å². The van der Waals surface area contributed by atoms with E-state index in [1.54, 1.807) is 7.11 Å². The number of ether oxygens (including phenoxy) is 1. The van der Waals surface area contributed by atoms with Gasteiger partial charge in [0.05, 0.1) is 20.9 Å². The molecule has 1 aliphatic rings. The van der Waals surface area contributed by atoms with Crippen LogP contribution >= 0.6 is 27.3 Å². The molecule has 94 valence electrons. The standard InChI is InChI=1S/C12H11BrN2O2S/c1-5-9-7(8(13)12(14-5)17-2)6-3-4-18-10(6)11(16)15-9/h3-4,8,12H,1-2H3,(H,15,16). The van der Waals surface area contributed by atoms with Crippen molar-refractivity contribution in [1.29, 1.82) is 0 Å². The molecule has 2 aromatic rings. The number of nitrogens with one attached hydrogen (secondary N) is 1. The first-order valence-corrected chi connectivity index (χ1v) is 7.28. The summed E-state index contributed by atoms with van der Waals surface area (Å²) in [5, 5.41) is 2.92. The zero-order valence-electron chi connectivity index (χ0n) is 9.86. The van der Waals surface area contributed by atoms with Gasteiger partial charge in [0.2, 0.25) is 0 Å². The van der Waals surface area contributed by atoms with Crippen molar-refractivity contribution < 1.29 is 4.74 Å². The van der Waals surface area contributed by atoms with Gasteiger partial charge in [0.1, 0.15) is 0 Å². The highest BCUT2D eigenvalue weighted by molar-refractivity contribution is 9.09. The molecule has 18 heavy (non-hydrogen) atoms. The molecular formula is C12H11BrN2O2S. The topological polar surface area (TPSA) is 54.4 Å². The third-order valence-corrected chi connectivity index (χ3v) is 4.94. The number of hydrogen-bond acceptors (Lipinski definition) is 4. The van der Waals surface area contributed by atoms with Gasteiger partial charge in [0.25, 0.3) is 5.56 Å². The predicted molar refractivity (Wildman–Crippen MR) is 77.1 cm³/mol. The summed E-state index contributed by atoms with van der Waals surface area (Å²) in [6.45, 7) is 1.89. The van der Waals surface area contributed by atoms with E-state index in [2.05, 4.69) is 25.9 Å². The van der Waals surface area contributed by atoms with Crippen LogP contribution in [0.2, 0.25) is 0 Å². The number of nitrogens with zero attached hydrogens (tertiary/aromatic N) is 1. The van der Waals surface area contributed by atoms with Crippen LogP contribution in [0.1, 0.15) is 23.0 Å². The minimum absolute atomic E-state index is 0.0462. The first-order chi connectivity index (χ1) is 8.63. The maximum Gasteiger partial charge on any atom is 0.266 e. The van der Waals surface area contributed by atoms with Crippen molar-refractivity contribution in [3.63, 3.8) is 0 Å². The van der Waals surface area contributed by atoms with Gasteiger partial charge in [0, 0.05) is 18.1 Å². The lowest BCUT2D eigenvalue weighted by molar-refractivity contribution is 0.108. The van der Waals surface area contributed by atoms with Crippen LogP contribution in [0, 0.1) is 0 Å². The molecular weight excluding hydrogens is 316 g/mol. The van der Waals surface area contributed by atoms with E-state index in [1.807, 2.05) is 18.4 Å². The lowest BCUT2D eigenvalue weighted by atomic mass is 9.99. The van der Waals surface area contributed by atoms with Crippen molar-refractivity contribution in [2.45, 2.75) is 18.0 Å². The predicted octanol–water partition coefficient (Wildman–Crippen LogP) is 2.82. The smallest absolute Gasteiger partial charge is 0.266 e. The Morgan fingerprint density at radius 3 is 3.06 bits per heavy atom. The van der Waals surface area contributed by atoms with Crippen molar-refractivity contribution in [2.75, 3.05) is 7.11 Å². The van der Waals surface area contributed by atoms with E-state index in [4.69, 9.17) is 4.74 Å². The molecule has 3 rings (SSSR count). The molecule has 0 saturated heterocycles. The maximum absolute atomic E-state index is 12.0. The van der Waals surface area contributed by atoms with Crippen LogP contribution in [-0.4, -0.2) is 24.0 Å². The minimum Gasteiger partial charge on any atom is -0.358 e. The highest BCUT2D eigenvalue weighted by Crippen LogP contribution is 2.39. The molecule has 0 saturated carbocycles. The number of rotatable bonds is 1. The van der Waals surface area contributed by atoms with Crippen molar-refractivity contribution in [3.05, 3.63) is 33.1 Å². The fraction of sp³-hybridized carbons (Fsp3) is 0.333. The molecule has 0 aromatic carbocycles. The molecule has 0 bridgehead atoms. The largest absolute Gasteiger partial charge is 0.358 e. The van der Waals surface area contributed by atoms with E-state index in [-0.39, 0.29) is 16.6 Å². The molecule has 1 N–H and O–H groups in total. The van der Waals surface area contributed by atoms with Crippen LogP contribution < -0.4 is 5.56 Å². The summed E-state index contributed by atoms with van der Waals surface area (Å²) in [5.41, 5.74) is 2.62. The Kier molecular flexibility index (Phi) is 2.88. The van der Waals surface area contributed by atoms with Gasteiger partial charge in [-0.05, 0) is 18.4 Å². The average molecular weight is 327 g/mol. The second kappa shape index (κ2) is 4.29. The highest BCUT2D eigenvalue weighted by atomic mass is 79.9. The van der Waals surface area contributed by atoms with Gasteiger partial charge in [-0.3, -0.25) is 9.79 Å². The molecule has 2 atom stereocenters. The quantitative estimate of drug-likeness (QED) is 0.819. The van der Waals surface area contributed by atoms with E-state index in [0.29, 0.717) is 0 Å². The SMILES string of the molecule is COC1N=C(C)c2[nH]c(=O)c3sccc3c2C1Br. The highest BCUT2D eigenvalue weighted by Gasteiger charge is 2.30. The molecule has 0 spiro atoms. The summed E-state index contributed by atoms with van der Waals surface area (Å²) >= 11 is 5.08. The third-order valence-electron chi connectivity index (χ3n) is 3.12. The fourth-order valence-corrected chi connectivity index (χ4v) is 3.89. The zero-order valence-corrected chi connectivity index (χ0v) is 12.3. The third kappa shape index (κ3) is 1.60.